The molecule has 0 aliphatic heterocycles. The van der Waals surface area contributed by atoms with Crippen molar-refractivity contribution in [1.82, 2.24) is 0 Å². The van der Waals surface area contributed by atoms with Gasteiger partial charge >= 0.3 is 27.0 Å². The van der Waals surface area contributed by atoms with Crippen molar-refractivity contribution in [2.75, 3.05) is 0 Å². The Balaban J connectivity index is 0.000000147. The van der Waals surface area contributed by atoms with Crippen molar-refractivity contribution >= 4 is 9.69 Å². The summed E-state index contributed by atoms with van der Waals surface area (Å²) in [4.78, 5) is 0. The third kappa shape index (κ3) is 1.80. The van der Waals surface area contributed by atoms with Crippen LogP contribution in [0.15, 0.2) is 11.1 Å². The maximum atomic E-state index is 4.76. The predicted octanol–water partition coefficient (Wildman–Crippen LogP) is 2.37. The molecule has 0 aromatic heterocycles. The molecule has 0 radical (unpaired) electrons. The molecule has 0 aromatic rings. The number of allylic oxidation sites excluding steroid dienone is 2. The van der Waals surface area contributed by atoms with Crippen molar-refractivity contribution in [3.63, 3.8) is 0 Å². The molecule has 0 saturated heterocycles. The van der Waals surface area contributed by atoms with Gasteiger partial charge in [0.2, 0.25) is 0 Å². The Morgan fingerprint density at radius 3 is 2.00 bits per heavy atom. The molecular formula is C6H7ClZn. The molecule has 0 N–H and O–H groups in total. The van der Waals surface area contributed by atoms with Gasteiger partial charge in [-0.05, 0) is 0 Å². The van der Waals surface area contributed by atoms with Gasteiger partial charge in [0.05, 0.1) is 0 Å². The van der Waals surface area contributed by atoms with Crippen LogP contribution in [-0.4, -0.2) is 0 Å². The van der Waals surface area contributed by atoms with E-state index in [0.717, 1.165) is 17.3 Å². The van der Waals surface area contributed by atoms with Crippen LogP contribution >= 0.6 is 9.69 Å². The average Bonchev–Trinajstić information content (AvgIpc) is 2.66. The van der Waals surface area contributed by atoms with Crippen molar-refractivity contribution in [1.29, 1.82) is 0 Å². The first-order valence-electron chi connectivity index (χ1n) is 2.77. The van der Waals surface area contributed by atoms with Crippen LogP contribution < -0.4 is 0 Å². The molecule has 8 heavy (non-hydrogen) atoms. The molecular weight excluding hydrogens is 173 g/mol. The third-order valence-electron chi connectivity index (χ3n) is 1.36. The topological polar surface area (TPSA) is 0 Å². The van der Waals surface area contributed by atoms with Gasteiger partial charge in [0.1, 0.15) is 0 Å². The first-order valence-corrected chi connectivity index (χ1v) is 6.67. The van der Waals surface area contributed by atoms with Crippen LogP contribution in [0.2, 0.25) is 0 Å². The van der Waals surface area contributed by atoms with E-state index in [9.17, 15) is 0 Å². The summed E-state index contributed by atoms with van der Waals surface area (Å²) in [7, 11) is 4.76. The molecule has 0 spiro atoms. The van der Waals surface area contributed by atoms with E-state index in [0.29, 0.717) is 0 Å². The number of rotatable bonds is 0. The van der Waals surface area contributed by atoms with Gasteiger partial charge in [0.25, 0.3) is 0 Å². The van der Waals surface area contributed by atoms with Crippen molar-refractivity contribution in [3.8, 4) is 0 Å². The minimum absolute atomic E-state index is 0.847. The molecule has 2 rings (SSSR count). The van der Waals surface area contributed by atoms with E-state index in [1.54, 1.807) is 11.1 Å². The fraction of sp³-hybridized carbons (Fsp3) is 0.500. The van der Waals surface area contributed by atoms with Gasteiger partial charge in [-0.1, -0.05) is 0 Å². The average molecular weight is 180 g/mol. The zero-order valence-electron chi connectivity index (χ0n) is 4.78. The number of hydrogen-bond acceptors (Lipinski definition) is 0. The molecule has 0 nitrogen and oxygen atoms in total. The second kappa shape index (κ2) is 2.89. The van der Waals surface area contributed by atoms with E-state index in [-0.39, 0.29) is 0 Å². The van der Waals surface area contributed by atoms with Crippen molar-refractivity contribution < 1.29 is 17.3 Å². The van der Waals surface area contributed by atoms with Crippen LogP contribution in [-0.2, 0) is 17.3 Å². The standard InChI is InChI=1S/C6H7.ClH.Zn/c1-2-5(1)6-3-4-6;;/h1H,2-4H2;1H;/q-1;;+2/p-1. The molecule has 0 heterocycles. The van der Waals surface area contributed by atoms with Gasteiger partial charge in [0, 0.05) is 0 Å². The molecule has 40 valence electrons. The Morgan fingerprint density at radius 1 is 1.38 bits per heavy atom. The number of halogens is 1. The van der Waals surface area contributed by atoms with Crippen LogP contribution in [0.25, 0.3) is 0 Å². The quantitative estimate of drug-likeness (QED) is 0.396. The zero-order chi connectivity index (χ0) is 5.98. The summed E-state index contributed by atoms with van der Waals surface area (Å²) < 4.78 is 0. The van der Waals surface area contributed by atoms with Gasteiger partial charge < -0.3 is 0 Å². The first-order chi connectivity index (χ1) is 3.97. The van der Waals surface area contributed by atoms with E-state index < -0.39 is 0 Å². The van der Waals surface area contributed by atoms with Gasteiger partial charge in [-0.15, -0.1) is 19.3 Å². The van der Waals surface area contributed by atoms with Crippen molar-refractivity contribution in [2.24, 2.45) is 0 Å². The monoisotopic (exact) mass is 178 g/mol. The van der Waals surface area contributed by atoms with E-state index in [1.165, 1.54) is 19.3 Å². The summed E-state index contributed by atoms with van der Waals surface area (Å²) in [6, 6.07) is 0. The van der Waals surface area contributed by atoms with E-state index in [4.69, 9.17) is 9.69 Å². The zero-order valence-corrected chi connectivity index (χ0v) is 8.51. The Morgan fingerprint density at radius 2 is 1.88 bits per heavy atom. The Kier molecular flexibility index (Phi) is 2.40. The van der Waals surface area contributed by atoms with Crippen LogP contribution in [0.3, 0.4) is 0 Å². The third-order valence-corrected chi connectivity index (χ3v) is 1.36. The Hall–Kier alpha value is 0.523. The van der Waals surface area contributed by atoms with Crippen molar-refractivity contribution in [2.45, 2.75) is 19.3 Å². The summed E-state index contributed by atoms with van der Waals surface area (Å²) in [5, 5.41) is 0. The molecule has 0 unspecified atom stereocenters. The summed E-state index contributed by atoms with van der Waals surface area (Å²) in [6.45, 7) is 0. The van der Waals surface area contributed by atoms with Crippen molar-refractivity contribution in [3.05, 3.63) is 17.6 Å². The fourth-order valence-corrected chi connectivity index (χ4v) is 0.723. The molecule has 0 aromatic carbocycles. The second-order valence-corrected chi connectivity index (χ2v) is 2.04. The van der Waals surface area contributed by atoms with Gasteiger partial charge in [0.15, 0.2) is 0 Å². The van der Waals surface area contributed by atoms with E-state index >= 15 is 0 Å². The Bertz CT molecular complexity index is 91.7. The summed E-state index contributed by atoms with van der Waals surface area (Å²) in [5.41, 5.74) is 3.39. The number of hydrogen-bond donors (Lipinski definition) is 0. The normalized spacial score (nSPS) is 20.9. The minimum atomic E-state index is 0.847. The molecule has 2 aliphatic rings. The molecule has 2 saturated carbocycles. The van der Waals surface area contributed by atoms with Gasteiger partial charge in [-0.3, -0.25) is 0 Å². The molecule has 2 heteroatoms. The first kappa shape index (κ1) is 6.64. The molecule has 2 aliphatic carbocycles. The van der Waals surface area contributed by atoms with Gasteiger partial charge in [-0.25, -0.2) is 17.6 Å². The SMILES string of the molecule is [CH-]1CC1=C1CC1.[Cl][Zn+]. The summed E-state index contributed by atoms with van der Waals surface area (Å²) >= 11 is 0.847. The fourth-order valence-electron chi connectivity index (χ4n) is 0.723. The molecule has 2 fully saturated rings. The van der Waals surface area contributed by atoms with E-state index in [1.807, 2.05) is 0 Å². The van der Waals surface area contributed by atoms with E-state index in [2.05, 4.69) is 6.42 Å². The van der Waals surface area contributed by atoms with Crippen LogP contribution in [0, 0.1) is 6.42 Å². The maximum absolute atomic E-state index is 4.76. The Labute approximate surface area is 64.0 Å². The second-order valence-electron chi connectivity index (χ2n) is 2.04. The predicted molar refractivity (Wildman–Crippen MR) is 31.0 cm³/mol. The van der Waals surface area contributed by atoms with Crippen LogP contribution in [0.1, 0.15) is 19.3 Å². The summed E-state index contributed by atoms with van der Waals surface area (Å²) in [5.74, 6) is 0. The van der Waals surface area contributed by atoms with Crippen LogP contribution in [0.5, 0.6) is 0 Å². The molecule has 0 atom stereocenters. The van der Waals surface area contributed by atoms with Crippen LogP contribution in [0.4, 0.5) is 0 Å². The molecule has 0 bridgehead atoms. The summed E-state index contributed by atoms with van der Waals surface area (Å²) in [6.07, 6.45) is 6.44. The molecule has 0 amide bonds. The van der Waals surface area contributed by atoms with Gasteiger partial charge in [-0.2, -0.15) is 0 Å².